The van der Waals surface area contributed by atoms with Crippen LogP contribution in [0.3, 0.4) is 0 Å². The van der Waals surface area contributed by atoms with Crippen molar-refractivity contribution in [3.8, 4) is 17.2 Å². The highest BCUT2D eigenvalue weighted by atomic mass is 16.5. The first kappa shape index (κ1) is 16.6. The molecule has 0 unspecified atom stereocenters. The Hall–Kier alpha value is -2.75. The standard InChI is InChI=1S/C19H20O4/c1-3-12-23-16-8-6-15(7-9-16)17(20)10-4-14-5-11-18(21)19(13-14)22-2/h4-11,13,21H,3,12H2,1-2H3. The lowest BCUT2D eigenvalue weighted by molar-refractivity contribution is 0.104. The van der Waals surface area contributed by atoms with Crippen molar-refractivity contribution < 1.29 is 19.4 Å². The number of hydrogen-bond donors (Lipinski definition) is 1. The molecule has 0 aliphatic carbocycles. The Kier molecular flexibility index (Phi) is 5.80. The summed E-state index contributed by atoms with van der Waals surface area (Å²) in [6.07, 6.45) is 4.12. The van der Waals surface area contributed by atoms with Gasteiger partial charge in [0, 0.05) is 5.56 Å². The average Bonchev–Trinajstić information content (AvgIpc) is 2.59. The van der Waals surface area contributed by atoms with Gasteiger partial charge in [-0.05, 0) is 54.5 Å². The second-order valence-corrected chi connectivity index (χ2v) is 5.00. The number of allylic oxidation sites excluding steroid dienone is 1. The summed E-state index contributed by atoms with van der Waals surface area (Å²) in [4.78, 5) is 12.2. The number of methoxy groups -OCH3 is 1. The quantitative estimate of drug-likeness (QED) is 0.618. The molecule has 0 aromatic heterocycles. The third-order valence-corrected chi connectivity index (χ3v) is 3.24. The zero-order valence-corrected chi connectivity index (χ0v) is 13.3. The minimum Gasteiger partial charge on any atom is -0.504 e. The molecular formula is C19H20O4. The van der Waals surface area contributed by atoms with Gasteiger partial charge in [0.1, 0.15) is 5.75 Å². The number of benzene rings is 2. The smallest absolute Gasteiger partial charge is 0.185 e. The SMILES string of the molecule is CCCOc1ccc(C(=O)C=Cc2ccc(O)c(OC)c2)cc1. The van der Waals surface area contributed by atoms with Gasteiger partial charge in [0.15, 0.2) is 17.3 Å². The molecule has 2 rings (SSSR count). The van der Waals surface area contributed by atoms with E-state index in [1.165, 1.54) is 19.3 Å². The number of rotatable bonds is 7. The van der Waals surface area contributed by atoms with Gasteiger partial charge in [-0.3, -0.25) is 4.79 Å². The molecular weight excluding hydrogens is 292 g/mol. The molecule has 0 heterocycles. The molecule has 0 bridgehead atoms. The summed E-state index contributed by atoms with van der Waals surface area (Å²) < 4.78 is 10.5. The van der Waals surface area contributed by atoms with Gasteiger partial charge in [0.25, 0.3) is 0 Å². The maximum absolute atomic E-state index is 12.2. The maximum atomic E-state index is 12.2. The van der Waals surface area contributed by atoms with E-state index in [0.29, 0.717) is 17.9 Å². The van der Waals surface area contributed by atoms with Crippen molar-refractivity contribution in [2.75, 3.05) is 13.7 Å². The van der Waals surface area contributed by atoms with Crippen LogP contribution in [0.5, 0.6) is 17.2 Å². The van der Waals surface area contributed by atoms with Gasteiger partial charge >= 0.3 is 0 Å². The van der Waals surface area contributed by atoms with Gasteiger partial charge in [0.05, 0.1) is 13.7 Å². The Labute approximate surface area is 136 Å². The van der Waals surface area contributed by atoms with Crippen LogP contribution in [0.4, 0.5) is 0 Å². The minimum absolute atomic E-state index is 0.0682. The normalized spacial score (nSPS) is 10.7. The molecule has 0 saturated heterocycles. The number of phenolic OH excluding ortho intramolecular Hbond substituents is 1. The fourth-order valence-electron chi connectivity index (χ4n) is 2.00. The van der Waals surface area contributed by atoms with Crippen LogP contribution in [0.1, 0.15) is 29.3 Å². The number of ketones is 1. The number of hydrogen-bond acceptors (Lipinski definition) is 4. The molecule has 0 saturated carbocycles. The molecule has 0 spiro atoms. The molecule has 2 aromatic carbocycles. The molecule has 2 aromatic rings. The largest absolute Gasteiger partial charge is 0.504 e. The van der Waals surface area contributed by atoms with Crippen molar-refractivity contribution in [3.63, 3.8) is 0 Å². The van der Waals surface area contributed by atoms with E-state index in [1.807, 2.05) is 6.92 Å². The number of carbonyl (C=O) groups excluding carboxylic acids is 1. The summed E-state index contributed by atoms with van der Waals surface area (Å²) in [5, 5.41) is 9.55. The molecule has 0 radical (unpaired) electrons. The third-order valence-electron chi connectivity index (χ3n) is 3.24. The molecule has 0 fully saturated rings. The van der Waals surface area contributed by atoms with Gasteiger partial charge in [-0.2, -0.15) is 0 Å². The Morgan fingerprint density at radius 1 is 1.17 bits per heavy atom. The highest BCUT2D eigenvalue weighted by molar-refractivity contribution is 6.06. The van der Waals surface area contributed by atoms with Crippen molar-refractivity contribution in [1.29, 1.82) is 0 Å². The van der Waals surface area contributed by atoms with E-state index in [2.05, 4.69) is 0 Å². The van der Waals surface area contributed by atoms with E-state index < -0.39 is 0 Å². The van der Waals surface area contributed by atoms with E-state index in [1.54, 1.807) is 42.5 Å². The predicted octanol–water partition coefficient (Wildman–Crippen LogP) is 4.09. The first-order valence-electron chi connectivity index (χ1n) is 7.46. The summed E-state index contributed by atoms with van der Waals surface area (Å²) in [5.41, 5.74) is 1.37. The summed E-state index contributed by atoms with van der Waals surface area (Å²) in [5.74, 6) is 1.10. The highest BCUT2D eigenvalue weighted by Gasteiger charge is 2.04. The maximum Gasteiger partial charge on any atom is 0.185 e. The lowest BCUT2D eigenvalue weighted by Gasteiger charge is -2.05. The molecule has 0 aliphatic heterocycles. The summed E-state index contributed by atoms with van der Waals surface area (Å²) in [6.45, 7) is 2.71. The van der Waals surface area contributed by atoms with Gasteiger partial charge < -0.3 is 14.6 Å². The fraction of sp³-hybridized carbons (Fsp3) is 0.211. The second kappa shape index (κ2) is 8.03. The van der Waals surface area contributed by atoms with Crippen LogP contribution in [-0.2, 0) is 0 Å². The Balaban J connectivity index is 2.06. The van der Waals surface area contributed by atoms with Crippen LogP contribution in [0.15, 0.2) is 48.5 Å². The summed E-state index contributed by atoms with van der Waals surface area (Å²) >= 11 is 0. The van der Waals surface area contributed by atoms with Crippen LogP contribution in [0.2, 0.25) is 0 Å². The van der Waals surface area contributed by atoms with Crippen molar-refractivity contribution in [3.05, 3.63) is 59.7 Å². The summed E-state index contributed by atoms with van der Waals surface area (Å²) in [6, 6.07) is 12.0. The van der Waals surface area contributed by atoms with Crippen molar-refractivity contribution in [2.24, 2.45) is 0 Å². The topological polar surface area (TPSA) is 55.8 Å². The molecule has 120 valence electrons. The Morgan fingerprint density at radius 2 is 1.91 bits per heavy atom. The molecule has 4 heteroatoms. The number of aromatic hydroxyl groups is 1. The molecule has 0 aliphatic rings. The van der Waals surface area contributed by atoms with Crippen LogP contribution in [-0.4, -0.2) is 24.6 Å². The number of ether oxygens (including phenoxy) is 2. The van der Waals surface area contributed by atoms with Crippen LogP contribution >= 0.6 is 0 Å². The first-order chi connectivity index (χ1) is 11.1. The van der Waals surface area contributed by atoms with Crippen molar-refractivity contribution in [2.45, 2.75) is 13.3 Å². The number of phenols is 1. The first-order valence-corrected chi connectivity index (χ1v) is 7.46. The van der Waals surface area contributed by atoms with E-state index in [9.17, 15) is 9.90 Å². The van der Waals surface area contributed by atoms with Crippen LogP contribution in [0.25, 0.3) is 6.08 Å². The predicted molar refractivity (Wildman–Crippen MR) is 90.3 cm³/mol. The van der Waals surface area contributed by atoms with E-state index >= 15 is 0 Å². The Morgan fingerprint density at radius 3 is 2.57 bits per heavy atom. The summed E-state index contributed by atoms with van der Waals surface area (Å²) in [7, 11) is 1.48. The second-order valence-electron chi connectivity index (χ2n) is 5.00. The zero-order chi connectivity index (χ0) is 16.7. The molecule has 4 nitrogen and oxygen atoms in total. The number of carbonyl (C=O) groups is 1. The van der Waals surface area contributed by atoms with Gasteiger partial charge in [-0.1, -0.05) is 19.1 Å². The van der Waals surface area contributed by atoms with Gasteiger partial charge in [0.2, 0.25) is 0 Å². The average molecular weight is 312 g/mol. The van der Waals surface area contributed by atoms with E-state index in [-0.39, 0.29) is 11.5 Å². The van der Waals surface area contributed by atoms with Crippen LogP contribution < -0.4 is 9.47 Å². The van der Waals surface area contributed by atoms with Gasteiger partial charge in [-0.15, -0.1) is 0 Å². The van der Waals surface area contributed by atoms with E-state index in [4.69, 9.17) is 9.47 Å². The monoisotopic (exact) mass is 312 g/mol. The molecule has 0 amide bonds. The minimum atomic E-state index is -0.0981. The van der Waals surface area contributed by atoms with E-state index in [0.717, 1.165) is 17.7 Å². The van der Waals surface area contributed by atoms with Gasteiger partial charge in [-0.25, -0.2) is 0 Å². The molecule has 23 heavy (non-hydrogen) atoms. The van der Waals surface area contributed by atoms with Crippen molar-refractivity contribution >= 4 is 11.9 Å². The highest BCUT2D eigenvalue weighted by Crippen LogP contribution is 2.26. The fourth-order valence-corrected chi connectivity index (χ4v) is 2.00. The Bertz CT molecular complexity index is 687. The lowest BCUT2D eigenvalue weighted by atomic mass is 10.1. The van der Waals surface area contributed by atoms with Crippen molar-refractivity contribution in [1.82, 2.24) is 0 Å². The molecule has 0 atom stereocenters. The third kappa shape index (κ3) is 4.61. The van der Waals surface area contributed by atoms with Crippen LogP contribution in [0, 0.1) is 0 Å². The lowest BCUT2D eigenvalue weighted by Crippen LogP contribution is -1.97. The zero-order valence-electron chi connectivity index (χ0n) is 13.3. The molecule has 1 N–H and O–H groups in total.